The minimum atomic E-state index is -0.622. The van der Waals surface area contributed by atoms with Gasteiger partial charge in [-0.2, -0.15) is 0 Å². The maximum absolute atomic E-state index is 13.6. The maximum atomic E-state index is 13.6. The number of fused-ring (bicyclic) bond motifs is 4. The van der Waals surface area contributed by atoms with Crippen LogP contribution in [0, 0.1) is 10.1 Å². The van der Waals surface area contributed by atoms with E-state index in [2.05, 4.69) is 11.9 Å². The third-order valence-corrected chi connectivity index (χ3v) is 7.02. The fourth-order valence-corrected chi connectivity index (χ4v) is 5.40. The van der Waals surface area contributed by atoms with Crippen LogP contribution in [-0.4, -0.2) is 50.7 Å². The van der Waals surface area contributed by atoms with Crippen LogP contribution in [0.3, 0.4) is 0 Å². The molecule has 5 rings (SSSR count). The predicted octanol–water partition coefficient (Wildman–Crippen LogP) is 4.34. The quantitative estimate of drug-likeness (QED) is 0.322. The molecule has 3 aromatic rings. The second-order valence-corrected chi connectivity index (χ2v) is 9.16. The molecule has 34 heavy (non-hydrogen) atoms. The van der Waals surface area contributed by atoms with Gasteiger partial charge in [-0.3, -0.25) is 19.7 Å². The van der Waals surface area contributed by atoms with E-state index in [1.165, 1.54) is 12.1 Å². The number of benzene rings is 2. The van der Waals surface area contributed by atoms with Gasteiger partial charge in [0.2, 0.25) is 11.8 Å². The van der Waals surface area contributed by atoms with E-state index in [9.17, 15) is 19.7 Å². The van der Waals surface area contributed by atoms with Crippen LogP contribution < -0.4 is 0 Å². The van der Waals surface area contributed by atoms with Crippen LogP contribution in [0.25, 0.3) is 10.9 Å². The number of amides is 2. The number of hydrogen-bond donors (Lipinski definition) is 1. The summed E-state index contributed by atoms with van der Waals surface area (Å²) in [5.41, 5.74) is 3.35. The van der Waals surface area contributed by atoms with E-state index in [1.807, 2.05) is 24.3 Å². The first-order valence-electron chi connectivity index (χ1n) is 11.9. The molecule has 0 saturated carbocycles. The molecule has 2 amide bonds. The number of nitrogens with zero attached hydrogens (tertiary/aromatic N) is 3. The van der Waals surface area contributed by atoms with Crippen LogP contribution in [0.5, 0.6) is 0 Å². The van der Waals surface area contributed by atoms with E-state index in [0.717, 1.165) is 47.8 Å². The molecule has 2 aromatic carbocycles. The molecule has 3 heterocycles. The molecule has 0 bridgehead atoms. The number of carbonyl (C=O) groups is 2. The van der Waals surface area contributed by atoms with Crippen LogP contribution >= 0.6 is 0 Å². The van der Waals surface area contributed by atoms with Crippen LogP contribution in [0.1, 0.15) is 55.5 Å². The van der Waals surface area contributed by atoms with Gasteiger partial charge < -0.3 is 14.8 Å². The highest BCUT2D eigenvalue weighted by Gasteiger charge is 2.48. The molecule has 0 spiro atoms. The molecule has 176 valence electrons. The lowest BCUT2D eigenvalue weighted by molar-refractivity contribution is -0.384. The molecule has 2 aliphatic rings. The number of hydrogen-bond acceptors (Lipinski definition) is 4. The highest BCUT2D eigenvalue weighted by molar-refractivity contribution is 5.97. The average molecular weight is 461 g/mol. The molecule has 1 aromatic heterocycles. The summed E-state index contributed by atoms with van der Waals surface area (Å²) in [5, 5.41) is 12.5. The number of nitrogens with one attached hydrogen (secondary N) is 1. The van der Waals surface area contributed by atoms with E-state index in [0.29, 0.717) is 18.5 Å². The number of nitro benzene ring substituents is 1. The maximum Gasteiger partial charge on any atom is 0.269 e. The fourth-order valence-electron chi connectivity index (χ4n) is 5.40. The largest absolute Gasteiger partial charge is 0.356 e. The third-order valence-electron chi connectivity index (χ3n) is 7.02. The summed E-state index contributed by atoms with van der Waals surface area (Å²) in [5.74, 6) is -0.164. The van der Waals surface area contributed by atoms with Gasteiger partial charge in [-0.05, 0) is 23.6 Å². The molecule has 1 fully saturated rings. The van der Waals surface area contributed by atoms with E-state index >= 15 is 0 Å². The normalized spacial score (nSPS) is 19.9. The van der Waals surface area contributed by atoms with E-state index < -0.39 is 17.0 Å². The fraction of sp³-hybridized carbons (Fsp3) is 0.385. The second-order valence-electron chi connectivity index (χ2n) is 9.16. The molecule has 1 N–H and O–H groups in total. The van der Waals surface area contributed by atoms with Crippen molar-refractivity contribution in [1.82, 2.24) is 14.8 Å². The Kier molecular flexibility index (Phi) is 5.81. The Balaban J connectivity index is 1.59. The van der Waals surface area contributed by atoms with Crippen molar-refractivity contribution in [2.75, 3.05) is 13.1 Å². The Labute approximate surface area is 197 Å². The van der Waals surface area contributed by atoms with Gasteiger partial charge in [0.05, 0.1) is 17.5 Å². The summed E-state index contributed by atoms with van der Waals surface area (Å²) in [6, 6.07) is 13.1. The molecule has 2 atom stereocenters. The van der Waals surface area contributed by atoms with Gasteiger partial charge in [0.15, 0.2) is 0 Å². The molecule has 1 saturated heterocycles. The zero-order chi connectivity index (χ0) is 23.8. The van der Waals surface area contributed by atoms with Crippen molar-refractivity contribution in [2.45, 2.75) is 51.1 Å². The minimum Gasteiger partial charge on any atom is -0.356 e. The Hall–Kier alpha value is -3.68. The number of non-ortho nitro benzene ring substituents is 1. The van der Waals surface area contributed by atoms with Gasteiger partial charge in [-0.1, -0.05) is 56.5 Å². The van der Waals surface area contributed by atoms with Crippen LogP contribution in [-0.2, 0) is 16.0 Å². The molecule has 2 aliphatic heterocycles. The lowest BCUT2D eigenvalue weighted by Crippen LogP contribution is -2.63. The molecule has 8 nitrogen and oxygen atoms in total. The molecule has 8 heteroatoms. The van der Waals surface area contributed by atoms with Crippen LogP contribution in [0.2, 0.25) is 0 Å². The lowest BCUT2D eigenvalue weighted by Gasteiger charge is -2.47. The molecular formula is C26H28N4O4. The number of nitro groups is 1. The smallest absolute Gasteiger partial charge is 0.269 e. The molecule has 0 radical (unpaired) electrons. The summed E-state index contributed by atoms with van der Waals surface area (Å²) in [6.45, 7) is 2.77. The summed E-state index contributed by atoms with van der Waals surface area (Å²) >= 11 is 0. The van der Waals surface area contributed by atoms with Crippen molar-refractivity contribution in [1.29, 1.82) is 0 Å². The SMILES string of the molecule is CCCCCCN1CC(=O)N2[C@H](c3cccc([N+](=O)[O-])c3)c3[nH]c4ccccc4c3C[C@@H]2C1=O. The second kappa shape index (κ2) is 8.93. The number of unbranched alkanes of at least 4 members (excludes halogenated alkanes) is 3. The first-order valence-corrected chi connectivity index (χ1v) is 11.9. The van der Waals surface area contributed by atoms with E-state index in [4.69, 9.17) is 0 Å². The summed E-state index contributed by atoms with van der Waals surface area (Å²) in [7, 11) is 0. The van der Waals surface area contributed by atoms with Crippen molar-refractivity contribution in [3.05, 3.63) is 75.5 Å². The average Bonchev–Trinajstić information content (AvgIpc) is 3.22. The number of H-pyrrole nitrogens is 1. The highest BCUT2D eigenvalue weighted by atomic mass is 16.6. The zero-order valence-corrected chi connectivity index (χ0v) is 19.2. The van der Waals surface area contributed by atoms with Crippen molar-refractivity contribution in [2.24, 2.45) is 0 Å². The van der Waals surface area contributed by atoms with E-state index in [-0.39, 0.29) is 24.0 Å². The van der Waals surface area contributed by atoms with Gasteiger partial charge >= 0.3 is 0 Å². The Bertz CT molecular complexity index is 1270. The van der Waals surface area contributed by atoms with Crippen molar-refractivity contribution in [3.8, 4) is 0 Å². The molecule has 0 unspecified atom stereocenters. The summed E-state index contributed by atoms with van der Waals surface area (Å²) < 4.78 is 0. The van der Waals surface area contributed by atoms with Gasteiger partial charge in [-0.25, -0.2) is 0 Å². The van der Waals surface area contributed by atoms with E-state index in [1.54, 1.807) is 21.9 Å². The summed E-state index contributed by atoms with van der Waals surface area (Å²) in [4.78, 5) is 44.9. The predicted molar refractivity (Wildman–Crippen MR) is 128 cm³/mol. The monoisotopic (exact) mass is 460 g/mol. The highest BCUT2D eigenvalue weighted by Crippen LogP contribution is 2.43. The molecule has 0 aliphatic carbocycles. The number of piperazine rings is 1. The Morgan fingerprint density at radius 2 is 1.91 bits per heavy atom. The van der Waals surface area contributed by atoms with Crippen molar-refractivity contribution >= 4 is 28.4 Å². The van der Waals surface area contributed by atoms with Crippen LogP contribution in [0.15, 0.2) is 48.5 Å². The van der Waals surface area contributed by atoms with Gasteiger partial charge in [-0.15, -0.1) is 0 Å². The van der Waals surface area contributed by atoms with Gasteiger partial charge in [0.25, 0.3) is 5.69 Å². The number of para-hydroxylation sites is 1. The Morgan fingerprint density at radius 3 is 2.71 bits per heavy atom. The number of aromatic nitrogens is 1. The lowest BCUT2D eigenvalue weighted by atomic mass is 9.86. The van der Waals surface area contributed by atoms with Crippen molar-refractivity contribution in [3.63, 3.8) is 0 Å². The zero-order valence-electron chi connectivity index (χ0n) is 19.2. The number of rotatable bonds is 7. The van der Waals surface area contributed by atoms with Gasteiger partial charge in [0.1, 0.15) is 6.04 Å². The molecular weight excluding hydrogens is 432 g/mol. The minimum absolute atomic E-state index is 0.0365. The topological polar surface area (TPSA) is 99.5 Å². The number of aromatic amines is 1. The Morgan fingerprint density at radius 1 is 1.09 bits per heavy atom. The first kappa shape index (κ1) is 22.1. The van der Waals surface area contributed by atoms with Crippen molar-refractivity contribution < 1.29 is 14.5 Å². The standard InChI is InChI=1S/C26H28N4O4/c1-2-3-4-7-13-28-16-23(31)29-22(26(28)32)15-20-19-11-5-6-12-21(19)27-24(20)25(29)17-9-8-10-18(14-17)30(33)34/h5-6,8-12,14,22,25,27H,2-4,7,13,15-16H2,1H3/t22-,25-/m1/s1. The number of carbonyl (C=O) groups excluding carboxylic acids is 2. The third kappa shape index (κ3) is 3.73. The van der Waals surface area contributed by atoms with Gasteiger partial charge in [0, 0.05) is 41.7 Å². The summed E-state index contributed by atoms with van der Waals surface area (Å²) in [6.07, 6.45) is 4.56. The van der Waals surface area contributed by atoms with Crippen LogP contribution in [0.4, 0.5) is 5.69 Å². The first-order chi connectivity index (χ1) is 16.5.